The largest absolute Gasteiger partial charge is 0.435 e. The average Bonchev–Trinajstić information content (AvgIpc) is 3.59. The number of piperazine rings is 1. The van der Waals surface area contributed by atoms with Gasteiger partial charge in [-0.15, -0.1) is 0 Å². The van der Waals surface area contributed by atoms with Gasteiger partial charge in [0.2, 0.25) is 5.91 Å². The van der Waals surface area contributed by atoms with E-state index in [0.29, 0.717) is 32.4 Å². The van der Waals surface area contributed by atoms with Crippen molar-refractivity contribution in [3.63, 3.8) is 0 Å². The molecule has 4 heterocycles. The minimum atomic E-state index is -5.08. The van der Waals surface area contributed by atoms with Gasteiger partial charge in [0.15, 0.2) is 11.5 Å². The zero-order valence-electron chi connectivity index (χ0n) is 24.4. The number of hydrogen-bond acceptors (Lipinski definition) is 6. The van der Waals surface area contributed by atoms with Crippen LogP contribution in [0, 0.1) is 5.92 Å². The summed E-state index contributed by atoms with van der Waals surface area (Å²) in [5.74, 6) is -1.46. The normalized spacial score (nSPS) is 16.5. The van der Waals surface area contributed by atoms with E-state index in [0.717, 1.165) is 36.7 Å². The van der Waals surface area contributed by atoms with Crippen molar-refractivity contribution in [3.05, 3.63) is 52.7 Å². The molecule has 2 N–H and O–H groups in total. The van der Waals surface area contributed by atoms with Gasteiger partial charge in [0.05, 0.1) is 28.0 Å². The number of amides is 3. The molecule has 11 nitrogen and oxygen atoms in total. The Balaban J connectivity index is 1.25. The molecule has 0 radical (unpaired) electrons. The van der Waals surface area contributed by atoms with Crippen molar-refractivity contribution >= 4 is 35.0 Å². The van der Waals surface area contributed by atoms with Crippen LogP contribution in [0.25, 0.3) is 11.3 Å². The quantitative estimate of drug-likeness (QED) is 0.381. The number of carbonyl (C=O) groups excluding carboxylic acids is 3. The number of hydrogen-bond donors (Lipinski definition) is 2. The van der Waals surface area contributed by atoms with Gasteiger partial charge in [0.25, 0.3) is 11.8 Å². The lowest BCUT2D eigenvalue weighted by atomic mass is 9.96. The van der Waals surface area contributed by atoms with E-state index in [1.54, 1.807) is 9.80 Å². The number of alkyl halides is 6. The van der Waals surface area contributed by atoms with Crippen molar-refractivity contribution < 1.29 is 40.7 Å². The summed E-state index contributed by atoms with van der Waals surface area (Å²) in [6.07, 6.45) is -6.80. The van der Waals surface area contributed by atoms with Crippen molar-refractivity contribution in [2.75, 3.05) is 44.6 Å². The Bertz CT molecular complexity index is 1620. The van der Waals surface area contributed by atoms with Crippen molar-refractivity contribution in [3.8, 4) is 11.3 Å². The molecule has 0 spiro atoms. The van der Waals surface area contributed by atoms with Crippen LogP contribution in [0.2, 0.25) is 5.02 Å². The topological polar surface area (TPSA) is 117 Å². The summed E-state index contributed by atoms with van der Waals surface area (Å²) >= 11 is 6.39. The third kappa shape index (κ3) is 7.30. The van der Waals surface area contributed by atoms with Crippen LogP contribution in [0.1, 0.15) is 39.5 Å². The Labute approximate surface area is 263 Å². The first kappa shape index (κ1) is 33.2. The fourth-order valence-electron chi connectivity index (χ4n) is 5.53. The minimum Gasteiger partial charge on any atom is -0.339 e. The maximum Gasteiger partial charge on any atom is 0.435 e. The molecule has 248 valence electrons. The van der Waals surface area contributed by atoms with Crippen molar-refractivity contribution in [2.24, 2.45) is 13.0 Å². The third-order valence-electron chi connectivity index (χ3n) is 7.86. The lowest BCUT2D eigenvalue weighted by molar-refractivity contribution is -0.148. The molecule has 0 saturated carbocycles. The van der Waals surface area contributed by atoms with Crippen LogP contribution in [-0.4, -0.2) is 92.3 Å². The molecule has 46 heavy (non-hydrogen) atoms. The summed E-state index contributed by atoms with van der Waals surface area (Å²) in [6.45, 7) is 1.33. The second kappa shape index (κ2) is 12.9. The number of nitrogens with one attached hydrogen (secondary N) is 2. The molecule has 0 bridgehead atoms. The highest BCUT2D eigenvalue weighted by Crippen LogP contribution is 2.37. The predicted octanol–water partition coefficient (Wildman–Crippen LogP) is 4.05. The fraction of sp³-hybridized carbons (Fsp3) is 0.464. The first-order chi connectivity index (χ1) is 21.6. The van der Waals surface area contributed by atoms with Crippen LogP contribution >= 0.6 is 11.6 Å². The molecule has 18 heteroatoms. The maximum absolute atomic E-state index is 13.6. The van der Waals surface area contributed by atoms with E-state index in [2.05, 4.69) is 20.7 Å². The Hall–Kier alpha value is -4.12. The molecule has 1 aromatic carbocycles. The van der Waals surface area contributed by atoms with Crippen molar-refractivity contribution in [1.29, 1.82) is 0 Å². The highest BCUT2D eigenvalue weighted by Gasteiger charge is 2.40. The summed E-state index contributed by atoms with van der Waals surface area (Å²) in [6, 6.07) is 4.17. The molecule has 2 aliphatic heterocycles. The van der Waals surface area contributed by atoms with Gasteiger partial charge in [-0.2, -0.15) is 31.4 Å². The number of rotatable bonds is 6. The molecule has 2 aromatic heterocycles. The Kier molecular flexibility index (Phi) is 9.35. The van der Waals surface area contributed by atoms with E-state index >= 15 is 0 Å². The summed E-state index contributed by atoms with van der Waals surface area (Å²) < 4.78 is 80.4. The van der Waals surface area contributed by atoms with E-state index in [1.165, 1.54) is 25.2 Å². The highest BCUT2D eigenvalue weighted by molar-refractivity contribution is 6.34. The summed E-state index contributed by atoms with van der Waals surface area (Å²) in [5, 5.41) is 8.84. The van der Waals surface area contributed by atoms with E-state index in [9.17, 15) is 40.7 Å². The minimum absolute atomic E-state index is 0.0160. The first-order valence-electron chi connectivity index (χ1n) is 14.3. The Morgan fingerprint density at radius 2 is 1.67 bits per heavy atom. The average molecular weight is 675 g/mol. The second-order valence-corrected chi connectivity index (χ2v) is 11.4. The number of imidazole rings is 1. The molecule has 3 amide bonds. The third-order valence-corrected chi connectivity index (χ3v) is 8.18. The summed E-state index contributed by atoms with van der Waals surface area (Å²) in [7, 11) is 1.23. The number of piperidine rings is 1. The lowest BCUT2D eigenvalue weighted by Crippen LogP contribution is -2.52. The predicted molar refractivity (Wildman–Crippen MR) is 153 cm³/mol. The molecule has 0 unspecified atom stereocenters. The SMILES string of the molecule is Cn1c(-c2cn(CC(F)(F)F)nc2C(F)(F)F)cnc1C(=O)Nc1ccc(C(=O)N2CCN(C(=O)C3CCNCC3)CC2)c(Cl)c1. The Morgan fingerprint density at radius 1 is 1.02 bits per heavy atom. The van der Waals surface area contributed by atoms with Gasteiger partial charge in [-0.3, -0.25) is 19.1 Å². The number of halogens is 7. The van der Waals surface area contributed by atoms with Crippen LogP contribution in [0.15, 0.2) is 30.6 Å². The first-order valence-corrected chi connectivity index (χ1v) is 14.6. The molecule has 2 saturated heterocycles. The summed E-state index contributed by atoms with van der Waals surface area (Å²) in [4.78, 5) is 46.3. The number of anilines is 1. The lowest BCUT2D eigenvalue weighted by Gasteiger charge is -2.37. The van der Waals surface area contributed by atoms with Crippen LogP contribution < -0.4 is 10.6 Å². The maximum atomic E-state index is 13.6. The van der Waals surface area contributed by atoms with Gasteiger partial charge in [0.1, 0.15) is 6.54 Å². The van der Waals surface area contributed by atoms with Crippen LogP contribution in [0.4, 0.5) is 32.0 Å². The number of benzene rings is 1. The van der Waals surface area contributed by atoms with Gasteiger partial charge in [-0.1, -0.05) is 11.6 Å². The second-order valence-electron chi connectivity index (χ2n) is 11.0. The van der Waals surface area contributed by atoms with Gasteiger partial charge < -0.3 is 25.0 Å². The zero-order valence-corrected chi connectivity index (χ0v) is 25.1. The molecular weight excluding hydrogens is 646 g/mol. The number of aromatic nitrogens is 4. The van der Waals surface area contributed by atoms with Gasteiger partial charge in [-0.05, 0) is 44.1 Å². The van der Waals surface area contributed by atoms with Crippen LogP contribution in [-0.2, 0) is 24.6 Å². The fourth-order valence-corrected chi connectivity index (χ4v) is 5.80. The molecule has 2 fully saturated rings. The van der Waals surface area contributed by atoms with Crippen LogP contribution in [0.3, 0.4) is 0 Å². The van der Waals surface area contributed by atoms with E-state index < -0.39 is 36.1 Å². The van der Waals surface area contributed by atoms with Crippen molar-refractivity contribution in [1.82, 2.24) is 34.4 Å². The molecular formula is C28H29ClF6N8O3. The monoisotopic (exact) mass is 674 g/mol. The molecule has 3 aromatic rings. The van der Waals surface area contributed by atoms with Crippen LogP contribution in [0.5, 0.6) is 0 Å². The summed E-state index contributed by atoms with van der Waals surface area (Å²) in [5.41, 5.74) is -2.21. The van der Waals surface area contributed by atoms with Gasteiger partial charge in [-0.25, -0.2) is 4.98 Å². The molecule has 5 rings (SSSR count). The zero-order chi connectivity index (χ0) is 33.4. The van der Waals surface area contributed by atoms with E-state index in [1.807, 2.05) is 0 Å². The number of nitrogens with zero attached hydrogens (tertiary/aromatic N) is 6. The highest BCUT2D eigenvalue weighted by atomic mass is 35.5. The smallest absolute Gasteiger partial charge is 0.339 e. The van der Waals surface area contributed by atoms with E-state index in [4.69, 9.17) is 11.6 Å². The Morgan fingerprint density at radius 3 is 2.28 bits per heavy atom. The van der Waals surface area contributed by atoms with Gasteiger partial charge in [0, 0.05) is 51.0 Å². The number of carbonyl (C=O) groups is 3. The molecule has 0 aliphatic carbocycles. The molecule has 0 atom stereocenters. The van der Waals surface area contributed by atoms with Crippen molar-refractivity contribution in [2.45, 2.75) is 31.7 Å². The molecule has 2 aliphatic rings. The van der Waals surface area contributed by atoms with Gasteiger partial charge >= 0.3 is 12.4 Å². The standard InChI is InChI=1S/C28H29ClF6N8O3/c1-40-21(19-14-43(15-27(30,31)32)39-22(19)28(33,34)35)13-37-23(40)24(44)38-17-2-3-18(20(29)12-17)26(46)42-10-8-41(9-11-42)25(45)16-4-6-36-7-5-16/h2-3,12-14,16,36H,4-11,15H2,1H3,(H,38,44). The van der Waals surface area contributed by atoms with E-state index in [-0.39, 0.29) is 50.2 Å².